The monoisotopic (exact) mass is 235 g/mol. The van der Waals surface area contributed by atoms with E-state index in [0.29, 0.717) is 0 Å². The van der Waals surface area contributed by atoms with E-state index in [-0.39, 0.29) is 24.1 Å². The lowest BCUT2D eigenvalue weighted by atomic mass is 10.2. The van der Waals surface area contributed by atoms with Crippen LogP contribution in [0.25, 0.3) is 0 Å². The van der Waals surface area contributed by atoms with Crippen LogP contribution < -0.4 is 16.2 Å². The predicted octanol–water partition coefficient (Wildman–Crippen LogP) is 0.834. The van der Waals surface area contributed by atoms with Gasteiger partial charge in [0.25, 0.3) is 0 Å². The number of pyridine rings is 1. The van der Waals surface area contributed by atoms with Gasteiger partial charge in [0.2, 0.25) is 0 Å². The number of rotatable bonds is 3. The van der Waals surface area contributed by atoms with Crippen LogP contribution in [0, 0.1) is 0 Å². The third-order valence-electron chi connectivity index (χ3n) is 1.73. The number of aromatic nitrogens is 1. The Kier molecular flexibility index (Phi) is 3.33. The molecule has 0 aliphatic heterocycles. The summed E-state index contributed by atoms with van der Waals surface area (Å²) in [6.07, 6.45) is -3.69. The second kappa shape index (κ2) is 4.35. The van der Waals surface area contributed by atoms with E-state index in [4.69, 9.17) is 11.5 Å². The van der Waals surface area contributed by atoms with Gasteiger partial charge in [0.15, 0.2) is 12.0 Å². The van der Waals surface area contributed by atoms with Crippen molar-refractivity contribution in [2.45, 2.75) is 12.9 Å². The van der Waals surface area contributed by atoms with Crippen LogP contribution in [0.5, 0.6) is 5.75 Å². The van der Waals surface area contributed by atoms with Crippen molar-refractivity contribution >= 4 is 12.0 Å². The fourth-order valence-corrected chi connectivity index (χ4v) is 1.03. The maximum atomic E-state index is 12.0. The van der Waals surface area contributed by atoms with Gasteiger partial charge >= 0.3 is 6.36 Å². The summed E-state index contributed by atoms with van der Waals surface area (Å²) in [6.45, 7) is -0.105. The zero-order valence-corrected chi connectivity index (χ0v) is 7.91. The molecular formula is C8H8F3N3O2. The quantitative estimate of drug-likeness (QED) is 0.757. The van der Waals surface area contributed by atoms with E-state index < -0.39 is 17.8 Å². The molecule has 8 heteroatoms. The van der Waals surface area contributed by atoms with E-state index in [9.17, 15) is 18.0 Å². The summed E-state index contributed by atoms with van der Waals surface area (Å²) in [6, 6.07) is 0. The van der Waals surface area contributed by atoms with Crippen LogP contribution in [0.1, 0.15) is 16.1 Å². The van der Waals surface area contributed by atoms with Gasteiger partial charge < -0.3 is 16.2 Å². The Morgan fingerprint density at radius 1 is 1.50 bits per heavy atom. The lowest BCUT2D eigenvalue weighted by Gasteiger charge is -2.14. The van der Waals surface area contributed by atoms with Crippen molar-refractivity contribution in [3.63, 3.8) is 0 Å². The number of carbonyl (C=O) groups is 1. The molecule has 1 heterocycles. The molecule has 0 bridgehead atoms. The van der Waals surface area contributed by atoms with Gasteiger partial charge in [-0.25, -0.2) is 4.98 Å². The van der Waals surface area contributed by atoms with Gasteiger partial charge in [-0.3, -0.25) is 4.79 Å². The Balaban J connectivity index is 3.26. The average Bonchev–Trinajstić information content (AvgIpc) is 2.19. The summed E-state index contributed by atoms with van der Waals surface area (Å²) in [5.41, 5.74) is 9.92. The third kappa shape index (κ3) is 2.60. The molecular weight excluding hydrogens is 227 g/mol. The molecule has 0 saturated carbocycles. The van der Waals surface area contributed by atoms with Crippen LogP contribution in [0.15, 0.2) is 6.20 Å². The minimum absolute atomic E-state index is 0.105. The average molecular weight is 235 g/mol. The van der Waals surface area contributed by atoms with Crippen molar-refractivity contribution in [1.82, 2.24) is 4.98 Å². The number of ether oxygens (including phenoxy) is 1. The van der Waals surface area contributed by atoms with Gasteiger partial charge in [-0.1, -0.05) is 0 Å². The van der Waals surface area contributed by atoms with Gasteiger partial charge in [-0.15, -0.1) is 13.2 Å². The number of nitrogen functional groups attached to an aromatic ring is 1. The topological polar surface area (TPSA) is 91.2 Å². The smallest absolute Gasteiger partial charge is 0.401 e. The highest BCUT2D eigenvalue weighted by Crippen LogP contribution is 2.32. The van der Waals surface area contributed by atoms with Gasteiger partial charge in [-0.05, 0) is 0 Å². The summed E-state index contributed by atoms with van der Waals surface area (Å²) in [5.74, 6) is -0.814. The molecule has 0 saturated heterocycles. The number of nitrogens with zero attached hydrogens (tertiary/aromatic N) is 1. The standard InChI is InChI=1S/C8H8F3N3O2/c9-8(10,11)16-7-5(3-15)14-2-4(1-12)6(7)13/h2-3H,1,12H2,(H2,13,14). The van der Waals surface area contributed by atoms with Crippen molar-refractivity contribution in [2.24, 2.45) is 5.73 Å². The number of aldehydes is 1. The summed E-state index contributed by atoms with van der Waals surface area (Å²) in [4.78, 5) is 13.9. The van der Waals surface area contributed by atoms with E-state index in [1.807, 2.05) is 0 Å². The molecule has 0 fully saturated rings. The molecule has 0 aliphatic carbocycles. The Labute approximate surface area is 88.2 Å². The van der Waals surface area contributed by atoms with Gasteiger partial charge in [0, 0.05) is 18.3 Å². The van der Waals surface area contributed by atoms with Gasteiger partial charge in [-0.2, -0.15) is 0 Å². The first-order chi connectivity index (χ1) is 7.39. The number of hydrogen-bond donors (Lipinski definition) is 2. The molecule has 1 rings (SSSR count). The van der Waals surface area contributed by atoms with Crippen molar-refractivity contribution in [1.29, 1.82) is 0 Å². The number of nitrogens with two attached hydrogens (primary N) is 2. The number of hydrogen-bond acceptors (Lipinski definition) is 5. The highest BCUT2D eigenvalue weighted by atomic mass is 19.4. The van der Waals surface area contributed by atoms with E-state index in [0.717, 1.165) is 6.20 Å². The van der Waals surface area contributed by atoms with Crippen LogP contribution in [0.3, 0.4) is 0 Å². The van der Waals surface area contributed by atoms with Crippen LogP contribution in [0.2, 0.25) is 0 Å². The summed E-state index contributed by atoms with van der Waals surface area (Å²) in [5, 5.41) is 0. The summed E-state index contributed by atoms with van der Waals surface area (Å²) >= 11 is 0. The fourth-order valence-electron chi connectivity index (χ4n) is 1.03. The Bertz CT molecular complexity index is 406. The molecule has 0 unspecified atom stereocenters. The van der Waals surface area contributed by atoms with E-state index in [1.54, 1.807) is 0 Å². The van der Waals surface area contributed by atoms with E-state index in [2.05, 4.69) is 9.72 Å². The SMILES string of the molecule is NCc1cnc(C=O)c(OC(F)(F)F)c1N. The van der Waals surface area contributed by atoms with E-state index >= 15 is 0 Å². The first-order valence-corrected chi connectivity index (χ1v) is 4.07. The molecule has 0 radical (unpaired) electrons. The first-order valence-electron chi connectivity index (χ1n) is 4.07. The van der Waals surface area contributed by atoms with Crippen LogP contribution >= 0.6 is 0 Å². The molecule has 1 aromatic heterocycles. The zero-order chi connectivity index (χ0) is 12.3. The second-order valence-electron chi connectivity index (χ2n) is 2.78. The fraction of sp³-hybridized carbons (Fsp3) is 0.250. The molecule has 88 valence electrons. The van der Waals surface area contributed by atoms with Crippen LogP contribution in [0.4, 0.5) is 18.9 Å². The summed E-state index contributed by atoms with van der Waals surface area (Å²) < 4.78 is 39.7. The number of carbonyl (C=O) groups excluding carboxylic acids is 1. The highest BCUT2D eigenvalue weighted by molar-refractivity contribution is 5.81. The lowest BCUT2D eigenvalue weighted by Crippen LogP contribution is -2.20. The third-order valence-corrected chi connectivity index (χ3v) is 1.73. The minimum Gasteiger partial charge on any atom is -0.401 e. The summed E-state index contributed by atoms with van der Waals surface area (Å²) in [7, 11) is 0. The molecule has 5 nitrogen and oxygen atoms in total. The number of anilines is 1. The van der Waals surface area contributed by atoms with Crippen LogP contribution in [-0.4, -0.2) is 17.6 Å². The first kappa shape index (κ1) is 12.2. The van der Waals surface area contributed by atoms with Crippen molar-refractivity contribution < 1.29 is 22.7 Å². The van der Waals surface area contributed by atoms with Crippen molar-refractivity contribution in [3.05, 3.63) is 17.5 Å². The Morgan fingerprint density at radius 2 is 2.12 bits per heavy atom. The molecule has 0 aromatic carbocycles. The van der Waals surface area contributed by atoms with Gasteiger partial charge in [0.1, 0.15) is 5.69 Å². The molecule has 0 amide bonds. The number of halogens is 3. The minimum atomic E-state index is -4.94. The van der Waals surface area contributed by atoms with Crippen LogP contribution in [-0.2, 0) is 6.54 Å². The number of alkyl halides is 3. The largest absolute Gasteiger partial charge is 0.573 e. The van der Waals surface area contributed by atoms with E-state index in [1.165, 1.54) is 0 Å². The predicted molar refractivity (Wildman–Crippen MR) is 48.6 cm³/mol. The zero-order valence-electron chi connectivity index (χ0n) is 7.91. The Morgan fingerprint density at radius 3 is 2.56 bits per heavy atom. The maximum absolute atomic E-state index is 12.0. The highest BCUT2D eigenvalue weighted by Gasteiger charge is 2.33. The molecule has 16 heavy (non-hydrogen) atoms. The van der Waals surface area contributed by atoms with Crippen molar-refractivity contribution in [3.8, 4) is 5.75 Å². The lowest BCUT2D eigenvalue weighted by molar-refractivity contribution is -0.274. The normalized spacial score (nSPS) is 11.2. The Hall–Kier alpha value is -1.83. The maximum Gasteiger partial charge on any atom is 0.573 e. The molecule has 1 aromatic rings. The molecule has 0 spiro atoms. The molecule has 4 N–H and O–H groups in total. The van der Waals surface area contributed by atoms with Crippen molar-refractivity contribution in [2.75, 3.05) is 5.73 Å². The van der Waals surface area contributed by atoms with Gasteiger partial charge in [0.05, 0.1) is 5.69 Å². The second-order valence-corrected chi connectivity index (χ2v) is 2.78. The molecule has 0 aliphatic rings. The molecule has 0 atom stereocenters.